The average molecular weight is 867 g/mol. The molecule has 2 aromatic heterocycles. The highest BCUT2D eigenvalue weighted by atomic mass is 16.7. The number of hydrogen-bond donors (Lipinski definition) is 1. The SMILES string of the molecule is CCC1OC(=O)[C@H](C)C(=O)[C@H](C)[C@@H](OC2OC(C)CC(N(C)C)C2O)[C@@](C)(OC)C[C@@H](C)C(=O)[C@H](C)[C@H]2N(CCCCn3cc(Cn4nnc5ccccc54)nn3)C(=O)O[C@]12C. The van der Waals surface area contributed by atoms with Crippen molar-refractivity contribution in [2.24, 2.45) is 23.7 Å². The number of unbranched alkanes of at least 4 members (excludes halogenated alkanes) is 1. The van der Waals surface area contributed by atoms with E-state index >= 15 is 0 Å². The standard InChI is InChI=1S/C44H66N8O10/c1-12-34-44(8)38(51(42(57)62-44)20-16-15-19-50-23-30(45-47-50)24-52-32-18-14-13-17-31(32)46-48-52)27(4)35(53)25(2)22-43(7,58-11)39(28(5)36(54)29(6)40(56)60-34)61-41-37(55)33(49(9)10)21-26(3)59-41/h13-14,17-18,23,25-29,33-34,37-39,41,55H,12,15-16,19-22,24H2,1-11H3/t25-,26?,27+,28+,29-,33?,34?,37?,38-,39-,41?,43+,44-/m1/s1. The largest absolute Gasteiger partial charge is 0.458 e. The van der Waals surface area contributed by atoms with Gasteiger partial charge in [0.1, 0.15) is 35.1 Å². The monoisotopic (exact) mass is 866 g/mol. The summed E-state index contributed by atoms with van der Waals surface area (Å²) in [5.41, 5.74) is -0.291. The fraction of sp³-hybridized carbons (Fsp3) is 0.727. The number of methoxy groups -OCH3 is 1. The minimum atomic E-state index is -1.43. The Morgan fingerprint density at radius 3 is 2.35 bits per heavy atom. The molecule has 0 bridgehead atoms. The van der Waals surface area contributed by atoms with E-state index in [9.17, 15) is 24.3 Å². The molecule has 5 heterocycles. The number of ketones is 2. The number of fused-ring (bicyclic) bond motifs is 2. The van der Waals surface area contributed by atoms with Crippen LogP contribution in [0.3, 0.4) is 0 Å². The van der Waals surface area contributed by atoms with Crippen molar-refractivity contribution in [3.8, 4) is 0 Å². The van der Waals surface area contributed by atoms with Crippen molar-refractivity contribution < 1.29 is 48.0 Å². The van der Waals surface area contributed by atoms with Crippen LogP contribution in [-0.2, 0) is 51.2 Å². The summed E-state index contributed by atoms with van der Waals surface area (Å²) in [6.45, 7) is 15.1. The van der Waals surface area contributed by atoms with E-state index in [-0.39, 0.29) is 37.3 Å². The molecule has 13 atom stereocenters. The van der Waals surface area contributed by atoms with Gasteiger partial charge in [0.25, 0.3) is 0 Å². The second-order valence-electron chi connectivity index (χ2n) is 18.3. The van der Waals surface area contributed by atoms with Gasteiger partial charge in [-0.25, -0.2) is 9.48 Å². The number of esters is 1. The molecule has 6 rings (SSSR count). The van der Waals surface area contributed by atoms with Crippen LogP contribution in [0.5, 0.6) is 0 Å². The number of aryl methyl sites for hydroxylation is 1. The van der Waals surface area contributed by atoms with Gasteiger partial charge in [-0.1, -0.05) is 50.3 Å². The van der Waals surface area contributed by atoms with E-state index in [1.807, 2.05) is 63.3 Å². The highest BCUT2D eigenvalue weighted by Gasteiger charge is 2.60. The molecule has 3 fully saturated rings. The molecule has 18 heteroatoms. The van der Waals surface area contributed by atoms with E-state index in [1.165, 1.54) is 14.0 Å². The van der Waals surface area contributed by atoms with Gasteiger partial charge in [0.15, 0.2) is 17.7 Å². The molecule has 1 N–H and O–H groups in total. The predicted octanol–water partition coefficient (Wildman–Crippen LogP) is 4.06. The maximum atomic E-state index is 14.8. The Balaban J connectivity index is 1.23. The normalized spacial score (nSPS) is 35.2. The number of amides is 1. The number of cyclic esters (lactones) is 1. The second kappa shape index (κ2) is 19.2. The van der Waals surface area contributed by atoms with Crippen LogP contribution in [-0.4, -0.2) is 150 Å². The summed E-state index contributed by atoms with van der Waals surface area (Å²) in [5.74, 6) is -5.05. The number of carbonyl (C=O) groups is 4. The van der Waals surface area contributed by atoms with Gasteiger partial charge in [-0.3, -0.25) is 19.1 Å². The Kier molecular flexibility index (Phi) is 14.6. The summed E-state index contributed by atoms with van der Waals surface area (Å²) in [7, 11) is 5.23. The lowest BCUT2D eigenvalue weighted by molar-refractivity contribution is -0.295. The maximum Gasteiger partial charge on any atom is 0.410 e. The summed E-state index contributed by atoms with van der Waals surface area (Å²) in [4.78, 5) is 60.5. The molecule has 5 unspecified atom stereocenters. The number of carbonyl (C=O) groups excluding carboxylic acids is 4. The van der Waals surface area contributed by atoms with Crippen LogP contribution in [0.2, 0.25) is 0 Å². The third kappa shape index (κ3) is 9.44. The molecule has 0 spiro atoms. The van der Waals surface area contributed by atoms with Crippen molar-refractivity contribution in [2.75, 3.05) is 27.7 Å². The molecule has 3 saturated heterocycles. The van der Waals surface area contributed by atoms with Crippen molar-refractivity contribution in [3.05, 3.63) is 36.2 Å². The average Bonchev–Trinajstić information content (AvgIpc) is 3.94. The van der Waals surface area contributed by atoms with Crippen molar-refractivity contribution in [1.29, 1.82) is 0 Å². The van der Waals surface area contributed by atoms with Crippen LogP contribution in [0.1, 0.15) is 93.2 Å². The van der Waals surface area contributed by atoms with E-state index in [0.717, 1.165) is 16.7 Å². The Bertz CT molecular complexity index is 2060. The summed E-state index contributed by atoms with van der Waals surface area (Å²) >= 11 is 0. The van der Waals surface area contributed by atoms with Crippen LogP contribution in [0, 0.1) is 23.7 Å². The number of hydrogen-bond acceptors (Lipinski definition) is 15. The fourth-order valence-electron chi connectivity index (χ4n) is 9.97. The number of nitrogens with zero attached hydrogens (tertiary/aromatic N) is 8. The first-order valence-corrected chi connectivity index (χ1v) is 22.0. The van der Waals surface area contributed by atoms with Crippen LogP contribution in [0.25, 0.3) is 11.0 Å². The Morgan fingerprint density at radius 2 is 1.66 bits per heavy atom. The lowest BCUT2D eigenvalue weighted by atomic mass is 9.73. The van der Waals surface area contributed by atoms with Crippen molar-refractivity contribution in [2.45, 2.75) is 155 Å². The topological polar surface area (TPSA) is 203 Å². The number of aliphatic hydroxyl groups is 1. The van der Waals surface area contributed by atoms with Gasteiger partial charge in [0, 0.05) is 44.0 Å². The zero-order chi connectivity index (χ0) is 45.3. The Morgan fingerprint density at radius 1 is 0.952 bits per heavy atom. The van der Waals surface area contributed by atoms with Gasteiger partial charge >= 0.3 is 12.1 Å². The molecule has 1 amide bonds. The summed E-state index contributed by atoms with van der Waals surface area (Å²) in [5, 5.41) is 28.5. The lowest BCUT2D eigenvalue weighted by Gasteiger charge is -2.47. The van der Waals surface area contributed by atoms with Crippen molar-refractivity contribution in [3.63, 3.8) is 0 Å². The highest BCUT2D eigenvalue weighted by Crippen LogP contribution is 2.43. The van der Waals surface area contributed by atoms with Crippen LogP contribution in [0.4, 0.5) is 4.79 Å². The molecule has 3 aliphatic rings. The lowest BCUT2D eigenvalue weighted by Crippen LogP contribution is -2.60. The van der Waals surface area contributed by atoms with Crippen molar-refractivity contribution >= 4 is 34.7 Å². The van der Waals surface area contributed by atoms with E-state index in [0.29, 0.717) is 32.4 Å². The number of Topliss-reactive ketones (excluding diaryl/α,β-unsaturated/α-hetero) is 2. The minimum Gasteiger partial charge on any atom is -0.458 e. The van der Waals surface area contributed by atoms with Gasteiger partial charge in [0.05, 0.1) is 42.1 Å². The second-order valence-corrected chi connectivity index (χ2v) is 18.3. The number of aliphatic hydroxyl groups excluding tert-OH is 1. The van der Waals surface area contributed by atoms with Gasteiger partial charge in [-0.05, 0) is 86.0 Å². The van der Waals surface area contributed by atoms with E-state index in [2.05, 4.69) is 20.6 Å². The minimum absolute atomic E-state index is 0.117. The molecule has 1 aromatic carbocycles. The number of aromatic nitrogens is 6. The number of para-hydroxylation sites is 1. The molecule has 0 aliphatic carbocycles. The van der Waals surface area contributed by atoms with Crippen LogP contribution in [0.15, 0.2) is 30.5 Å². The summed E-state index contributed by atoms with van der Waals surface area (Å²) < 4.78 is 34.8. The van der Waals surface area contributed by atoms with Gasteiger partial charge < -0.3 is 38.6 Å². The third-order valence-corrected chi connectivity index (χ3v) is 13.5. The molecule has 3 aliphatic heterocycles. The summed E-state index contributed by atoms with van der Waals surface area (Å²) in [6.07, 6.45) is -1.13. The first kappa shape index (κ1) is 47.1. The first-order valence-electron chi connectivity index (χ1n) is 22.0. The fourth-order valence-corrected chi connectivity index (χ4v) is 9.97. The Hall–Kier alpha value is -4.36. The number of rotatable bonds is 12. The van der Waals surface area contributed by atoms with Crippen LogP contribution < -0.4 is 0 Å². The Labute approximate surface area is 363 Å². The van der Waals surface area contributed by atoms with Gasteiger partial charge in [0.2, 0.25) is 0 Å². The first-order chi connectivity index (χ1) is 29.3. The predicted molar refractivity (Wildman–Crippen MR) is 225 cm³/mol. The molecule has 62 heavy (non-hydrogen) atoms. The van der Waals surface area contributed by atoms with Gasteiger partial charge in [-0.2, -0.15) is 0 Å². The summed E-state index contributed by atoms with van der Waals surface area (Å²) in [6, 6.07) is 6.59. The maximum absolute atomic E-state index is 14.8. The molecular weight excluding hydrogens is 801 g/mol. The molecular formula is C44H66N8O10. The number of ether oxygens (including phenoxy) is 5. The molecule has 3 aromatic rings. The molecule has 342 valence electrons. The third-order valence-electron chi connectivity index (χ3n) is 13.5. The van der Waals surface area contributed by atoms with Crippen LogP contribution >= 0.6 is 0 Å². The molecule has 0 radical (unpaired) electrons. The quantitative estimate of drug-likeness (QED) is 0.155. The molecule has 18 nitrogen and oxygen atoms in total. The zero-order valence-electron chi connectivity index (χ0n) is 38.1. The zero-order valence-corrected chi connectivity index (χ0v) is 38.1. The molecule has 0 saturated carbocycles. The van der Waals surface area contributed by atoms with E-state index in [1.54, 1.807) is 48.9 Å². The van der Waals surface area contributed by atoms with E-state index in [4.69, 9.17) is 23.7 Å². The highest BCUT2D eigenvalue weighted by molar-refractivity contribution is 6.00. The number of likely N-dealkylation sites (N-methyl/N-ethyl adjacent to an activating group) is 1. The smallest absolute Gasteiger partial charge is 0.410 e. The van der Waals surface area contributed by atoms with Crippen molar-refractivity contribution in [1.82, 2.24) is 39.8 Å². The number of benzene rings is 1. The van der Waals surface area contributed by atoms with Gasteiger partial charge in [-0.15, -0.1) is 10.2 Å². The van der Waals surface area contributed by atoms with E-state index < -0.39 is 83.4 Å².